The average molecular weight is 357 g/mol. The zero-order valence-corrected chi connectivity index (χ0v) is 14.1. The second kappa shape index (κ2) is 7.10. The van der Waals surface area contributed by atoms with Crippen LogP contribution in [0.15, 0.2) is 9.85 Å². The molecule has 2 rings (SSSR count). The summed E-state index contributed by atoms with van der Waals surface area (Å²) in [7, 11) is 1.65. The summed E-state index contributed by atoms with van der Waals surface area (Å²) in [5.74, 6) is 1.41. The minimum Gasteiger partial charge on any atom is -0.378 e. The van der Waals surface area contributed by atoms with E-state index in [2.05, 4.69) is 43.1 Å². The molecule has 0 bridgehead atoms. The van der Waals surface area contributed by atoms with Gasteiger partial charge in [0, 0.05) is 19.0 Å². The van der Waals surface area contributed by atoms with Crippen molar-refractivity contribution in [2.45, 2.75) is 26.9 Å². The van der Waals surface area contributed by atoms with Gasteiger partial charge in [0.05, 0.1) is 21.8 Å². The second-order valence-corrected chi connectivity index (χ2v) is 6.12. The van der Waals surface area contributed by atoms with Gasteiger partial charge in [0.2, 0.25) is 0 Å². The highest BCUT2D eigenvalue weighted by atomic mass is 79.9. The van der Waals surface area contributed by atoms with Gasteiger partial charge in [-0.1, -0.05) is 6.92 Å². The molecule has 2 aromatic rings. The normalized spacial score (nSPS) is 10.8. The first-order chi connectivity index (χ1) is 9.65. The van der Waals surface area contributed by atoms with Gasteiger partial charge in [0.25, 0.3) is 0 Å². The van der Waals surface area contributed by atoms with Crippen LogP contribution in [0, 0.1) is 6.92 Å². The second-order valence-electron chi connectivity index (χ2n) is 4.27. The van der Waals surface area contributed by atoms with Crippen molar-refractivity contribution in [3.8, 4) is 11.5 Å². The van der Waals surface area contributed by atoms with Crippen molar-refractivity contribution in [2.24, 2.45) is 0 Å². The van der Waals surface area contributed by atoms with Crippen molar-refractivity contribution in [2.75, 3.05) is 19.0 Å². The molecule has 2 aromatic heterocycles. The largest absolute Gasteiger partial charge is 0.378 e. The van der Waals surface area contributed by atoms with Crippen molar-refractivity contribution in [1.29, 1.82) is 0 Å². The lowest BCUT2D eigenvalue weighted by Gasteiger charge is -2.11. The summed E-state index contributed by atoms with van der Waals surface area (Å²) >= 11 is 5.13. The molecule has 1 N–H and O–H groups in total. The van der Waals surface area contributed by atoms with Crippen LogP contribution in [0.2, 0.25) is 0 Å². The van der Waals surface area contributed by atoms with Crippen molar-refractivity contribution in [3.63, 3.8) is 0 Å². The highest BCUT2D eigenvalue weighted by Crippen LogP contribution is 2.28. The molecule has 0 saturated carbocycles. The summed E-state index contributed by atoms with van der Waals surface area (Å²) in [6, 6.07) is 0. The summed E-state index contributed by atoms with van der Waals surface area (Å²) in [5, 5.41) is 6.27. The predicted molar refractivity (Wildman–Crippen MR) is 85.1 cm³/mol. The summed E-state index contributed by atoms with van der Waals surface area (Å²) in [5.41, 5.74) is 1.62. The van der Waals surface area contributed by atoms with Gasteiger partial charge in [-0.25, -0.2) is 15.0 Å². The van der Waals surface area contributed by atoms with Crippen LogP contribution < -0.4 is 5.32 Å². The minimum atomic E-state index is 0.431. The van der Waals surface area contributed by atoms with E-state index in [0.717, 1.165) is 39.7 Å². The van der Waals surface area contributed by atoms with E-state index < -0.39 is 0 Å². The Bertz CT molecular complexity index is 588. The van der Waals surface area contributed by atoms with Gasteiger partial charge in [-0.15, -0.1) is 11.3 Å². The van der Waals surface area contributed by atoms with Gasteiger partial charge in [0.1, 0.15) is 11.5 Å². The Kier molecular flexibility index (Phi) is 5.45. The summed E-state index contributed by atoms with van der Waals surface area (Å²) in [6.45, 7) is 5.37. The molecule has 0 aliphatic heterocycles. The zero-order chi connectivity index (χ0) is 14.5. The maximum Gasteiger partial charge on any atom is 0.181 e. The van der Waals surface area contributed by atoms with E-state index in [-0.39, 0.29) is 0 Å². The molecule has 0 atom stereocenters. The van der Waals surface area contributed by atoms with E-state index >= 15 is 0 Å². The molecule has 2 heterocycles. The number of hydrogen-bond acceptors (Lipinski definition) is 6. The lowest BCUT2D eigenvalue weighted by molar-refractivity contribution is 0.181. The number of rotatable bonds is 6. The van der Waals surface area contributed by atoms with Crippen LogP contribution in [0.4, 0.5) is 5.82 Å². The molecule has 0 amide bonds. The number of aryl methyl sites for hydroxylation is 1. The maximum absolute atomic E-state index is 5.20. The number of methoxy groups -OCH3 is 1. The summed E-state index contributed by atoms with van der Waals surface area (Å²) in [4.78, 5) is 13.5. The predicted octanol–water partition coefficient (Wildman–Crippen LogP) is 3.64. The van der Waals surface area contributed by atoms with Crippen LogP contribution in [0.25, 0.3) is 11.5 Å². The quantitative estimate of drug-likeness (QED) is 0.855. The van der Waals surface area contributed by atoms with Gasteiger partial charge in [-0.2, -0.15) is 0 Å². The van der Waals surface area contributed by atoms with Gasteiger partial charge in [0.15, 0.2) is 5.82 Å². The first-order valence-corrected chi connectivity index (χ1v) is 8.04. The molecule has 0 fully saturated rings. The van der Waals surface area contributed by atoms with Gasteiger partial charge in [-0.05, 0) is 29.3 Å². The highest BCUT2D eigenvalue weighted by Gasteiger charge is 2.14. The number of anilines is 1. The Hall–Kier alpha value is -1.05. The Balaban J connectivity index is 2.43. The monoisotopic (exact) mass is 356 g/mol. The fourth-order valence-corrected chi connectivity index (χ4v) is 2.69. The summed E-state index contributed by atoms with van der Waals surface area (Å²) < 4.78 is 6.05. The molecule has 0 spiro atoms. The van der Waals surface area contributed by atoms with E-state index in [1.165, 1.54) is 0 Å². The molecule has 7 heteroatoms. The lowest BCUT2D eigenvalue weighted by atomic mass is 10.3. The third-order valence-electron chi connectivity index (χ3n) is 2.59. The molecule has 0 saturated heterocycles. The van der Waals surface area contributed by atoms with Crippen molar-refractivity contribution in [1.82, 2.24) is 15.0 Å². The van der Waals surface area contributed by atoms with Crippen molar-refractivity contribution in [3.05, 3.63) is 20.6 Å². The number of ether oxygens (including phenoxy) is 1. The number of thiazole rings is 1. The van der Waals surface area contributed by atoms with Crippen LogP contribution in [0.1, 0.15) is 24.0 Å². The van der Waals surface area contributed by atoms with E-state index in [9.17, 15) is 0 Å². The van der Waals surface area contributed by atoms with Gasteiger partial charge in [-0.3, -0.25) is 0 Å². The van der Waals surface area contributed by atoms with Crippen LogP contribution >= 0.6 is 27.3 Å². The molecule has 20 heavy (non-hydrogen) atoms. The van der Waals surface area contributed by atoms with Crippen LogP contribution in [-0.4, -0.2) is 28.6 Å². The molecular formula is C13H17BrN4OS. The fraction of sp³-hybridized carbons (Fsp3) is 0.462. The van der Waals surface area contributed by atoms with Crippen molar-refractivity contribution >= 4 is 33.1 Å². The van der Waals surface area contributed by atoms with E-state index in [1.807, 2.05) is 12.3 Å². The minimum absolute atomic E-state index is 0.431. The average Bonchev–Trinajstić information content (AvgIpc) is 2.86. The van der Waals surface area contributed by atoms with Crippen LogP contribution in [0.5, 0.6) is 0 Å². The number of hydrogen-bond donors (Lipinski definition) is 1. The smallest absolute Gasteiger partial charge is 0.181 e. The molecule has 0 aliphatic rings. The first kappa shape index (κ1) is 15.3. The summed E-state index contributed by atoms with van der Waals surface area (Å²) in [6.07, 6.45) is 1.03. The van der Waals surface area contributed by atoms with E-state index in [0.29, 0.717) is 12.4 Å². The Morgan fingerprint density at radius 3 is 2.75 bits per heavy atom. The third-order valence-corrected chi connectivity index (χ3v) is 4.20. The van der Waals surface area contributed by atoms with Crippen LogP contribution in [-0.2, 0) is 11.3 Å². The molecule has 0 aromatic carbocycles. The number of aromatic nitrogens is 3. The highest BCUT2D eigenvalue weighted by molar-refractivity contribution is 9.10. The van der Waals surface area contributed by atoms with Crippen LogP contribution in [0.3, 0.4) is 0 Å². The van der Waals surface area contributed by atoms with Crippen molar-refractivity contribution < 1.29 is 4.74 Å². The maximum atomic E-state index is 5.20. The molecule has 5 nitrogen and oxygen atoms in total. The standard InChI is InChI=1S/C13H17BrN4OS/c1-4-5-15-13-11(14)9(6-19-3)17-12(18-13)10-7-20-8(2)16-10/h7H,4-6H2,1-3H3,(H,15,17,18). The van der Waals surface area contributed by atoms with E-state index in [1.54, 1.807) is 18.4 Å². The Morgan fingerprint density at radius 2 is 2.15 bits per heavy atom. The molecule has 108 valence electrons. The van der Waals surface area contributed by atoms with E-state index in [4.69, 9.17) is 4.74 Å². The molecule has 0 aliphatic carbocycles. The Morgan fingerprint density at radius 1 is 1.35 bits per heavy atom. The third kappa shape index (κ3) is 3.53. The topological polar surface area (TPSA) is 59.9 Å². The molecular weight excluding hydrogens is 340 g/mol. The number of halogens is 1. The number of nitrogens with zero attached hydrogens (tertiary/aromatic N) is 3. The number of nitrogens with one attached hydrogen (secondary N) is 1. The molecule has 0 radical (unpaired) electrons. The molecule has 0 unspecified atom stereocenters. The fourth-order valence-electron chi connectivity index (χ4n) is 1.67. The zero-order valence-electron chi connectivity index (χ0n) is 11.7. The Labute approximate surface area is 131 Å². The lowest BCUT2D eigenvalue weighted by Crippen LogP contribution is -2.08. The van der Waals surface area contributed by atoms with Gasteiger partial charge >= 0.3 is 0 Å². The van der Waals surface area contributed by atoms with Gasteiger partial charge < -0.3 is 10.1 Å². The SMILES string of the molecule is CCCNc1nc(-c2csc(C)n2)nc(COC)c1Br. The first-order valence-electron chi connectivity index (χ1n) is 6.37.